The standard InChI is InChI=1S/C27H32F2N2O4/c1-27(2,3)24(30-26(33)34-16-17-7-5-4-6-8-17)25(32)31-14-13-18-9-12-22(23(18)31)35-19-10-11-20(28)21(29)15-19/h4-8,10-11,15,18,22-24H,9,12-14,16H2,1-3H3,(H,30,33)/t18-,22+,23+,24-/m1/s1. The normalized spacial score (nSPS) is 22.4. The lowest BCUT2D eigenvalue weighted by molar-refractivity contribution is -0.138. The summed E-state index contributed by atoms with van der Waals surface area (Å²) in [5, 5.41) is 2.78. The maximum absolute atomic E-state index is 13.7. The fourth-order valence-corrected chi connectivity index (χ4v) is 5.06. The summed E-state index contributed by atoms with van der Waals surface area (Å²) in [5.74, 6) is -1.59. The number of rotatable bonds is 6. The molecular formula is C27H32F2N2O4. The second-order valence-electron chi connectivity index (χ2n) is 10.4. The maximum atomic E-state index is 13.7. The van der Waals surface area contributed by atoms with Crippen LogP contribution in [0.1, 0.15) is 45.6 Å². The lowest BCUT2D eigenvalue weighted by Gasteiger charge is -2.37. The van der Waals surface area contributed by atoms with Crippen LogP contribution in [0.15, 0.2) is 48.5 Å². The molecule has 2 aliphatic rings. The Balaban J connectivity index is 1.45. The summed E-state index contributed by atoms with van der Waals surface area (Å²) in [6, 6.07) is 11.8. The molecule has 1 aliphatic carbocycles. The van der Waals surface area contributed by atoms with Gasteiger partial charge in [-0.2, -0.15) is 0 Å². The summed E-state index contributed by atoms with van der Waals surface area (Å²) >= 11 is 0. The van der Waals surface area contributed by atoms with E-state index in [0.29, 0.717) is 13.0 Å². The highest BCUT2D eigenvalue weighted by Crippen LogP contribution is 2.41. The van der Waals surface area contributed by atoms with Crippen molar-refractivity contribution in [1.82, 2.24) is 10.2 Å². The molecule has 188 valence electrons. The molecule has 1 saturated carbocycles. The van der Waals surface area contributed by atoms with Crippen molar-refractivity contribution in [3.63, 3.8) is 0 Å². The molecule has 2 aromatic rings. The van der Waals surface area contributed by atoms with Crippen LogP contribution in [0.4, 0.5) is 13.6 Å². The monoisotopic (exact) mass is 486 g/mol. The first-order valence-electron chi connectivity index (χ1n) is 12.0. The zero-order valence-corrected chi connectivity index (χ0v) is 20.3. The number of benzene rings is 2. The highest BCUT2D eigenvalue weighted by atomic mass is 19.2. The topological polar surface area (TPSA) is 67.9 Å². The van der Waals surface area contributed by atoms with Gasteiger partial charge in [0.2, 0.25) is 5.91 Å². The van der Waals surface area contributed by atoms with Gasteiger partial charge in [0.05, 0.1) is 6.04 Å². The zero-order chi connectivity index (χ0) is 25.2. The summed E-state index contributed by atoms with van der Waals surface area (Å²) in [6.07, 6.45) is 1.45. The van der Waals surface area contributed by atoms with Crippen LogP contribution in [0.25, 0.3) is 0 Å². The number of alkyl carbamates (subject to hydrolysis) is 1. The van der Waals surface area contributed by atoms with Crippen molar-refractivity contribution in [2.45, 2.75) is 64.8 Å². The highest BCUT2D eigenvalue weighted by Gasteiger charge is 2.50. The van der Waals surface area contributed by atoms with Crippen LogP contribution in [-0.4, -0.2) is 41.6 Å². The molecule has 0 unspecified atom stereocenters. The van der Waals surface area contributed by atoms with E-state index in [1.165, 1.54) is 6.07 Å². The van der Waals surface area contributed by atoms with E-state index in [1.54, 1.807) is 4.90 Å². The van der Waals surface area contributed by atoms with E-state index in [-0.39, 0.29) is 36.3 Å². The predicted octanol–water partition coefficient (Wildman–Crippen LogP) is 5.06. The third-order valence-electron chi connectivity index (χ3n) is 6.84. The Morgan fingerprint density at radius 1 is 1.06 bits per heavy atom. The minimum Gasteiger partial charge on any atom is -0.488 e. The third-order valence-corrected chi connectivity index (χ3v) is 6.84. The molecule has 4 rings (SSSR count). The molecule has 1 saturated heterocycles. The van der Waals surface area contributed by atoms with E-state index in [2.05, 4.69) is 5.32 Å². The van der Waals surface area contributed by atoms with Crippen LogP contribution >= 0.6 is 0 Å². The van der Waals surface area contributed by atoms with Crippen LogP contribution in [0.3, 0.4) is 0 Å². The first kappa shape index (κ1) is 24.9. The minimum absolute atomic E-state index is 0.107. The molecule has 8 heteroatoms. The smallest absolute Gasteiger partial charge is 0.408 e. The van der Waals surface area contributed by atoms with Crippen LogP contribution in [-0.2, 0) is 16.1 Å². The van der Waals surface area contributed by atoms with Gasteiger partial charge in [0, 0.05) is 12.6 Å². The quantitative estimate of drug-likeness (QED) is 0.620. The average molecular weight is 487 g/mol. The van der Waals surface area contributed by atoms with Gasteiger partial charge in [-0.1, -0.05) is 51.1 Å². The Kier molecular flexibility index (Phi) is 7.28. The molecular weight excluding hydrogens is 454 g/mol. The number of hydrogen-bond donors (Lipinski definition) is 1. The minimum atomic E-state index is -0.970. The van der Waals surface area contributed by atoms with Crippen molar-refractivity contribution < 1.29 is 27.8 Å². The molecule has 4 atom stereocenters. The Hall–Kier alpha value is -3.16. The Bertz CT molecular complexity index is 1060. The second kappa shape index (κ2) is 10.2. The van der Waals surface area contributed by atoms with Gasteiger partial charge in [-0.15, -0.1) is 0 Å². The fourth-order valence-electron chi connectivity index (χ4n) is 5.06. The van der Waals surface area contributed by atoms with Gasteiger partial charge in [0.1, 0.15) is 24.5 Å². The fraction of sp³-hybridized carbons (Fsp3) is 0.481. The van der Waals surface area contributed by atoms with Crippen LogP contribution in [0.2, 0.25) is 0 Å². The average Bonchev–Trinajstić information content (AvgIpc) is 3.41. The molecule has 2 aromatic carbocycles. The third kappa shape index (κ3) is 5.74. The van der Waals surface area contributed by atoms with Gasteiger partial charge in [-0.05, 0) is 48.3 Å². The van der Waals surface area contributed by atoms with Crippen LogP contribution < -0.4 is 10.1 Å². The van der Waals surface area contributed by atoms with E-state index in [1.807, 2.05) is 51.1 Å². The molecule has 0 radical (unpaired) electrons. The number of carbonyl (C=O) groups excluding carboxylic acids is 2. The van der Waals surface area contributed by atoms with E-state index in [0.717, 1.165) is 30.5 Å². The van der Waals surface area contributed by atoms with Gasteiger partial charge in [0.25, 0.3) is 0 Å². The summed E-state index contributed by atoms with van der Waals surface area (Å²) in [7, 11) is 0. The number of hydrogen-bond acceptors (Lipinski definition) is 4. The number of likely N-dealkylation sites (tertiary alicyclic amines) is 1. The maximum Gasteiger partial charge on any atom is 0.408 e. The molecule has 2 amide bonds. The van der Waals surface area contributed by atoms with Crippen molar-refractivity contribution in [2.75, 3.05) is 6.54 Å². The van der Waals surface area contributed by atoms with Crippen molar-refractivity contribution in [1.29, 1.82) is 0 Å². The lowest BCUT2D eigenvalue weighted by Crippen LogP contribution is -2.57. The molecule has 6 nitrogen and oxygen atoms in total. The van der Waals surface area contributed by atoms with Gasteiger partial charge in [0.15, 0.2) is 11.6 Å². The first-order valence-corrected chi connectivity index (χ1v) is 12.0. The summed E-state index contributed by atoms with van der Waals surface area (Å²) in [4.78, 5) is 28.1. The summed E-state index contributed by atoms with van der Waals surface area (Å²) < 4.78 is 38.4. The number of nitrogens with one attached hydrogen (secondary N) is 1. The van der Waals surface area contributed by atoms with Crippen molar-refractivity contribution >= 4 is 12.0 Å². The number of ether oxygens (including phenoxy) is 2. The Morgan fingerprint density at radius 3 is 2.49 bits per heavy atom. The number of fused-ring (bicyclic) bond motifs is 1. The van der Waals surface area contributed by atoms with Crippen LogP contribution in [0, 0.1) is 23.0 Å². The largest absolute Gasteiger partial charge is 0.488 e. The van der Waals surface area contributed by atoms with Gasteiger partial charge in [-0.25, -0.2) is 13.6 Å². The molecule has 0 spiro atoms. The summed E-state index contributed by atoms with van der Waals surface area (Å²) in [6.45, 7) is 6.34. The van der Waals surface area contributed by atoms with E-state index < -0.39 is 29.2 Å². The number of carbonyl (C=O) groups is 2. The van der Waals surface area contributed by atoms with E-state index >= 15 is 0 Å². The lowest BCUT2D eigenvalue weighted by atomic mass is 9.85. The molecule has 1 heterocycles. The number of amides is 2. The van der Waals surface area contributed by atoms with Gasteiger partial charge >= 0.3 is 6.09 Å². The summed E-state index contributed by atoms with van der Waals surface area (Å²) in [5.41, 5.74) is 0.294. The molecule has 1 N–H and O–H groups in total. The first-order chi connectivity index (χ1) is 16.6. The van der Waals surface area contributed by atoms with Crippen molar-refractivity contribution in [3.05, 3.63) is 65.7 Å². The van der Waals surface area contributed by atoms with E-state index in [4.69, 9.17) is 9.47 Å². The van der Waals surface area contributed by atoms with Crippen molar-refractivity contribution in [3.8, 4) is 5.75 Å². The van der Waals surface area contributed by atoms with E-state index in [9.17, 15) is 18.4 Å². The molecule has 0 aromatic heterocycles. The Morgan fingerprint density at radius 2 is 1.80 bits per heavy atom. The molecule has 1 aliphatic heterocycles. The molecule has 35 heavy (non-hydrogen) atoms. The van der Waals surface area contributed by atoms with Gasteiger partial charge in [-0.3, -0.25) is 4.79 Å². The highest BCUT2D eigenvalue weighted by molar-refractivity contribution is 5.87. The number of nitrogens with zero attached hydrogens (tertiary/aromatic N) is 1. The van der Waals surface area contributed by atoms with Crippen LogP contribution in [0.5, 0.6) is 5.75 Å². The second-order valence-corrected chi connectivity index (χ2v) is 10.4. The van der Waals surface area contributed by atoms with Crippen molar-refractivity contribution in [2.24, 2.45) is 11.3 Å². The molecule has 2 fully saturated rings. The number of halogens is 2. The molecule has 0 bridgehead atoms. The van der Waals surface area contributed by atoms with Gasteiger partial charge < -0.3 is 19.7 Å². The SMILES string of the molecule is CC(C)(C)[C@H](NC(=O)OCc1ccccc1)C(=O)N1CC[C@H]2CC[C@H](Oc3ccc(F)c(F)c3)[C@H]21. The predicted molar refractivity (Wildman–Crippen MR) is 127 cm³/mol. The zero-order valence-electron chi connectivity index (χ0n) is 20.3. The Labute approximate surface area is 204 Å².